The number of carbonyl (C=O) groups excluding carboxylic acids is 3. The van der Waals surface area contributed by atoms with Crippen molar-refractivity contribution in [2.45, 2.75) is 31.9 Å². The highest BCUT2D eigenvalue weighted by atomic mass is 35.5. The Kier molecular flexibility index (Phi) is 10.3. The number of anilines is 1. The van der Waals surface area contributed by atoms with Gasteiger partial charge in [-0.3, -0.25) is 5.32 Å². The number of halogens is 1. The van der Waals surface area contributed by atoms with Crippen molar-refractivity contribution in [1.82, 2.24) is 25.7 Å². The van der Waals surface area contributed by atoms with E-state index in [1.165, 1.54) is 7.11 Å². The molecule has 1 aromatic heterocycles. The van der Waals surface area contributed by atoms with Crippen molar-refractivity contribution in [1.29, 1.82) is 0 Å². The first kappa shape index (κ1) is 29.6. The van der Waals surface area contributed by atoms with Crippen LogP contribution in [0.1, 0.15) is 36.6 Å². The van der Waals surface area contributed by atoms with Crippen LogP contribution in [0.15, 0.2) is 60.7 Å². The largest absolute Gasteiger partial charge is 0.453 e. The van der Waals surface area contributed by atoms with E-state index in [4.69, 9.17) is 16.3 Å². The third kappa shape index (κ3) is 8.31. The van der Waals surface area contributed by atoms with Gasteiger partial charge in [0.25, 0.3) is 0 Å². The molecular formula is C29H33ClN6O5. The minimum atomic E-state index is -0.589. The maximum Gasteiger partial charge on any atom is 0.411 e. The second-order valence-electron chi connectivity index (χ2n) is 9.67. The van der Waals surface area contributed by atoms with Gasteiger partial charge in [-0.2, -0.15) is 5.10 Å². The van der Waals surface area contributed by atoms with Gasteiger partial charge in [-0.1, -0.05) is 54.1 Å². The average molecular weight is 581 g/mol. The van der Waals surface area contributed by atoms with Gasteiger partial charge in [-0.25, -0.2) is 14.4 Å². The van der Waals surface area contributed by atoms with Gasteiger partial charge in [-0.15, -0.1) is 5.10 Å². The molecule has 3 aromatic rings. The lowest BCUT2D eigenvalue weighted by molar-refractivity contribution is 0.129. The smallest absolute Gasteiger partial charge is 0.411 e. The van der Waals surface area contributed by atoms with Crippen LogP contribution in [0.2, 0.25) is 5.15 Å². The summed E-state index contributed by atoms with van der Waals surface area (Å²) in [5, 5.41) is 16.9. The van der Waals surface area contributed by atoms with Crippen LogP contribution >= 0.6 is 11.6 Å². The number of aromatic nitrogens is 2. The Morgan fingerprint density at radius 3 is 2.54 bits per heavy atom. The number of nitrogens with zero attached hydrogens (tertiary/aromatic N) is 3. The van der Waals surface area contributed by atoms with E-state index >= 15 is 0 Å². The number of alkyl carbamates (subject to hydrolysis) is 1. The molecule has 4 amide bonds. The molecular weight excluding hydrogens is 548 g/mol. The molecule has 41 heavy (non-hydrogen) atoms. The molecule has 0 radical (unpaired) electrons. The highest BCUT2D eigenvalue weighted by Gasteiger charge is 2.28. The van der Waals surface area contributed by atoms with E-state index in [-0.39, 0.29) is 23.7 Å². The molecule has 2 heterocycles. The van der Waals surface area contributed by atoms with E-state index in [0.717, 1.165) is 24.0 Å². The summed E-state index contributed by atoms with van der Waals surface area (Å²) < 4.78 is 10.1. The van der Waals surface area contributed by atoms with E-state index in [1.807, 2.05) is 30.3 Å². The zero-order valence-corrected chi connectivity index (χ0v) is 23.7. The number of ether oxygens (including phenoxy) is 2. The predicted octanol–water partition coefficient (Wildman–Crippen LogP) is 5.38. The standard InChI is InChI=1S/C29H33ClN6O5/c1-31-27(37)36-14-6-9-20(17-36)15-24(33-29(39)41-18-19-7-4-3-5-8-19)25-16-23(26(30)35-34-25)21-10-12-22(13-11-21)32-28(38)40-2/h3-5,7-8,10-13,16,20,24H,6,9,14-15,17-18H2,1-2H3,(H,31,37)(H,32,38)(H,33,39)/t20-,24?/m0/s1. The number of benzene rings is 2. The van der Waals surface area contributed by atoms with E-state index in [1.54, 1.807) is 42.3 Å². The molecule has 4 rings (SSSR count). The molecule has 0 spiro atoms. The number of rotatable bonds is 8. The topological polar surface area (TPSA) is 135 Å². The van der Waals surface area contributed by atoms with Crippen LogP contribution in [0.25, 0.3) is 11.1 Å². The van der Waals surface area contributed by atoms with Crippen LogP contribution in [0, 0.1) is 5.92 Å². The summed E-state index contributed by atoms with van der Waals surface area (Å²) in [6.45, 7) is 1.36. The molecule has 11 nitrogen and oxygen atoms in total. The fourth-order valence-electron chi connectivity index (χ4n) is 4.76. The number of urea groups is 1. The summed E-state index contributed by atoms with van der Waals surface area (Å²) in [4.78, 5) is 38.5. The monoisotopic (exact) mass is 580 g/mol. The molecule has 12 heteroatoms. The average Bonchev–Trinajstić information content (AvgIpc) is 3.00. The van der Waals surface area contributed by atoms with Crippen LogP contribution in [-0.4, -0.2) is 60.6 Å². The Morgan fingerprint density at radius 1 is 1.07 bits per heavy atom. The number of amides is 4. The third-order valence-corrected chi connectivity index (χ3v) is 7.13. The zero-order valence-electron chi connectivity index (χ0n) is 22.9. The molecule has 216 valence electrons. The number of methoxy groups -OCH3 is 1. The highest BCUT2D eigenvalue weighted by molar-refractivity contribution is 6.32. The molecule has 0 aliphatic carbocycles. The van der Waals surface area contributed by atoms with Gasteiger partial charge in [0.05, 0.1) is 18.8 Å². The van der Waals surface area contributed by atoms with Gasteiger partial charge in [0, 0.05) is 31.4 Å². The van der Waals surface area contributed by atoms with Gasteiger partial charge < -0.3 is 25.0 Å². The lowest BCUT2D eigenvalue weighted by Gasteiger charge is -2.34. The summed E-state index contributed by atoms with van der Waals surface area (Å²) in [6.07, 6.45) is 1.11. The number of carbonyl (C=O) groups is 3. The Morgan fingerprint density at radius 2 is 1.83 bits per heavy atom. The van der Waals surface area contributed by atoms with Crippen LogP contribution in [0.3, 0.4) is 0 Å². The van der Waals surface area contributed by atoms with Gasteiger partial charge >= 0.3 is 18.2 Å². The summed E-state index contributed by atoms with van der Waals surface area (Å²) in [6, 6.07) is 17.5. The van der Waals surface area contributed by atoms with Crippen molar-refractivity contribution in [2.24, 2.45) is 5.92 Å². The van der Waals surface area contributed by atoms with Gasteiger partial charge in [0.1, 0.15) is 6.61 Å². The van der Waals surface area contributed by atoms with Crippen LogP contribution in [-0.2, 0) is 16.1 Å². The van der Waals surface area contributed by atoms with E-state index < -0.39 is 18.2 Å². The number of nitrogens with one attached hydrogen (secondary N) is 3. The van der Waals surface area contributed by atoms with Crippen molar-refractivity contribution in [3.05, 3.63) is 77.1 Å². The molecule has 0 bridgehead atoms. The fraction of sp³-hybridized carbons (Fsp3) is 0.345. The van der Waals surface area contributed by atoms with Crippen LogP contribution < -0.4 is 16.0 Å². The van der Waals surface area contributed by atoms with Crippen molar-refractivity contribution < 1.29 is 23.9 Å². The third-order valence-electron chi connectivity index (χ3n) is 6.85. The Hall–Kier alpha value is -4.38. The molecule has 1 unspecified atom stereocenters. The highest BCUT2D eigenvalue weighted by Crippen LogP contribution is 2.32. The van der Waals surface area contributed by atoms with E-state index in [9.17, 15) is 14.4 Å². The number of likely N-dealkylation sites (tertiary alicyclic amines) is 1. The molecule has 2 aromatic carbocycles. The number of hydrogen-bond donors (Lipinski definition) is 3. The summed E-state index contributed by atoms with van der Waals surface area (Å²) in [5.41, 5.74) is 3.29. The molecule has 2 atom stereocenters. The Bertz CT molecular complexity index is 1340. The molecule has 3 N–H and O–H groups in total. The first-order valence-electron chi connectivity index (χ1n) is 13.3. The fourth-order valence-corrected chi connectivity index (χ4v) is 4.96. The molecule has 1 aliphatic heterocycles. The quantitative estimate of drug-likeness (QED) is 0.325. The maximum atomic E-state index is 12.9. The lowest BCUT2D eigenvalue weighted by Crippen LogP contribution is -2.45. The van der Waals surface area contributed by atoms with Crippen molar-refractivity contribution >= 4 is 35.5 Å². The molecule has 0 saturated carbocycles. The molecule has 1 aliphatic rings. The summed E-state index contributed by atoms with van der Waals surface area (Å²) >= 11 is 6.44. The van der Waals surface area contributed by atoms with Gasteiger partial charge in [0.15, 0.2) is 5.15 Å². The Labute approximate surface area is 243 Å². The van der Waals surface area contributed by atoms with E-state index in [0.29, 0.717) is 36.5 Å². The van der Waals surface area contributed by atoms with Gasteiger partial charge in [-0.05, 0) is 54.5 Å². The minimum absolute atomic E-state index is 0.116. The second kappa shape index (κ2) is 14.3. The predicted molar refractivity (Wildman–Crippen MR) is 154 cm³/mol. The number of hydrogen-bond acceptors (Lipinski definition) is 7. The normalized spacial score (nSPS) is 15.4. The Balaban J connectivity index is 1.56. The first-order valence-corrected chi connectivity index (χ1v) is 13.7. The molecule has 1 fully saturated rings. The minimum Gasteiger partial charge on any atom is -0.453 e. The SMILES string of the molecule is CNC(=O)N1CCC[C@@H](CC(NC(=O)OCc2ccccc2)c2cc(-c3ccc(NC(=O)OC)cc3)c(Cl)nn2)C1. The van der Waals surface area contributed by atoms with Crippen molar-refractivity contribution in [3.8, 4) is 11.1 Å². The van der Waals surface area contributed by atoms with Gasteiger partial charge in [0.2, 0.25) is 0 Å². The van der Waals surface area contributed by atoms with Crippen LogP contribution in [0.5, 0.6) is 0 Å². The molecule has 1 saturated heterocycles. The first-order chi connectivity index (χ1) is 19.9. The summed E-state index contributed by atoms with van der Waals surface area (Å²) in [5.74, 6) is 0.116. The summed E-state index contributed by atoms with van der Waals surface area (Å²) in [7, 11) is 2.90. The van der Waals surface area contributed by atoms with Crippen molar-refractivity contribution in [2.75, 3.05) is 32.6 Å². The lowest BCUT2D eigenvalue weighted by atomic mass is 9.90. The van der Waals surface area contributed by atoms with Crippen molar-refractivity contribution in [3.63, 3.8) is 0 Å². The van der Waals surface area contributed by atoms with Crippen LogP contribution in [0.4, 0.5) is 20.1 Å². The second-order valence-corrected chi connectivity index (χ2v) is 10.0. The number of piperidine rings is 1. The maximum absolute atomic E-state index is 12.9. The zero-order chi connectivity index (χ0) is 29.2. The van der Waals surface area contributed by atoms with E-state index in [2.05, 4.69) is 30.9 Å².